The number of likely N-dealkylation sites (tertiary alicyclic amines) is 1. The first-order chi connectivity index (χ1) is 24.1. The third-order valence-electron chi connectivity index (χ3n) is 11.8. The molecule has 5 fully saturated rings. The fourth-order valence-electron chi connectivity index (χ4n) is 8.89. The van der Waals surface area contributed by atoms with Gasteiger partial charge in [0.2, 0.25) is 11.8 Å². The lowest BCUT2D eigenvalue weighted by Crippen LogP contribution is -2.65. The molecule has 2 heterocycles. The second-order valence-electron chi connectivity index (χ2n) is 15.3. The molecular formula is C40H48BN3O6. The zero-order valence-electron chi connectivity index (χ0n) is 29.3. The topological polar surface area (TPSA) is 106 Å². The van der Waals surface area contributed by atoms with Gasteiger partial charge in [0.1, 0.15) is 18.7 Å². The summed E-state index contributed by atoms with van der Waals surface area (Å²) in [6, 6.07) is 27.4. The average molecular weight is 678 g/mol. The standard InChI is InChI=1S/C40H48BN3O6/c1-39(2)30-24-33(39)40(3)34(25-30)49-41(50-40)35(23-28-16-9-5-10-17-28)43-36(45)32-20-13-21-44(32)37(46)31(22-27-14-7-4-8-15-27)42-38(47)48-26-29-18-11-6-12-19-29/h4-12,14-19,30-35H,13,20-26H2,1-3H3,(H,42,47)(H,43,45)/t30-,31+,32-,33-,34-,35?,40-/m0/s1. The summed E-state index contributed by atoms with van der Waals surface area (Å²) < 4.78 is 19.0. The number of carbonyl (C=O) groups is 3. The van der Waals surface area contributed by atoms with Crippen molar-refractivity contribution in [2.24, 2.45) is 17.3 Å². The van der Waals surface area contributed by atoms with Crippen LogP contribution in [-0.4, -0.2) is 66.2 Å². The maximum Gasteiger partial charge on any atom is 0.482 e. The van der Waals surface area contributed by atoms with Crippen molar-refractivity contribution in [1.82, 2.24) is 15.5 Å². The molecule has 50 heavy (non-hydrogen) atoms. The second kappa shape index (κ2) is 14.2. The molecule has 8 rings (SSSR count). The molecule has 0 radical (unpaired) electrons. The molecule has 2 aliphatic heterocycles. The number of hydrogen-bond donors (Lipinski definition) is 2. The smallest absolute Gasteiger partial charge is 0.445 e. The number of carbonyl (C=O) groups excluding carboxylic acids is 3. The van der Waals surface area contributed by atoms with E-state index in [2.05, 4.69) is 31.4 Å². The van der Waals surface area contributed by atoms with Crippen LogP contribution in [0.15, 0.2) is 91.0 Å². The van der Waals surface area contributed by atoms with Crippen LogP contribution in [0.3, 0.4) is 0 Å². The van der Waals surface area contributed by atoms with Crippen LogP contribution < -0.4 is 10.6 Å². The van der Waals surface area contributed by atoms with Crippen LogP contribution in [0.1, 0.15) is 63.1 Å². The van der Waals surface area contributed by atoms with E-state index in [1.165, 1.54) is 0 Å². The molecule has 3 aliphatic carbocycles. The van der Waals surface area contributed by atoms with Crippen molar-refractivity contribution < 1.29 is 28.4 Å². The maximum atomic E-state index is 14.2. The van der Waals surface area contributed by atoms with Crippen LogP contribution in [0.5, 0.6) is 0 Å². The highest BCUT2D eigenvalue weighted by Crippen LogP contribution is 2.65. The highest BCUT2D eigenvalue weighted by molar-refractivity contribution is 6.48. The predicted octanol–water partition coefficient (Wildman–Crippen LogP) is 5.51. The third-order valence-corrected chi connectivity index (χ3v) is 11.8. The van der Waals surface area contributed by atoms with Crippen LogP contribution in [0.25, 0.3) is 0 Å². The molecule has 262 valence electrons. The summed E-state index contributed by atoms with van der Waals surface area (Å²) in [5, 5.41) is 6.10. The van der Waals surface area contributed by atoms with Crippen LogP contribution >= 0.6 is 0 Å². The van der Waals surface area contributed by atoms with E-state index in [1.54, 1.807) is 4.90 Å². The summed E-state index contributed by atoms with van der Waals surface area (Å²) >= 11 is 0. The summed E-state index contributed by atoms with van der Waals surface area (Å²) in [6.07, 6.45) is 3.40. The summed E-state index contributed by atoms with van der Waals surface area (Å²) in [7, 11) is -0.609. The van der Waals surface area contributed by atoms with Crippen molar-refractivity contribution in [3.63, 3.8) is 0 Å². The third kappa shape index (κ3) is 6.92. The molecule has 0 spiro atoms. The average Bonchev–Trinajstić information content (AvgIpc) is 3.76. The SMILES string of the molecule is CC1(C)[C@@H]2C[C@@H]3OB(C(Cc4ccccc4)NC(=O)[C@@H]4CCCN4C(=O)[C@@H](Cc4ccccc4)NC(=O)OCc4ccccc4)O[C@@]3(C)[C@H]1C2. The largest absolute Gasteiger partial charge is 0.482 e. The quantitative estimate of drug-likeness (QED) is 0.260. The van der Waals surface area contributed by atoms with E-state index in [9.17, 15) is 14.4 Å². The molecule has 2 N–H and O–H groups in total. The number of rotatable bonds is 11. The van der Waals surface area contributed by atoms with Crippen molar-refractivity contribution in [1.29, 1.82) is 0 Å². The fraction of sp³-hybridized carbons (Fsp3) is 0.475. The number of alkyl carbamates (subject to hydrolysis) is 1. The summed E-state index contributed by atoms with van der Waals surface area (Å²) in [5.41, 5.74) is 2.59. The Kier molecular flexibility index (Phi) is 9.77. The lowest BCUT2D eigenvalue weighted by atomic mass is 9.43. The fourth-order valence-corrected chi connectivity index (χ4v) is 8.89. The molecule has 0 aromatic heterocycles. The van der Waals surface area contributed by atoms with Crippen LogP contribution in [0.4, 0.5) is 4.79 Å². The van der Waals surface area contributed by atoms with Gasteiger partial charge in [-0.2, -0.15) is 0 Å². The predicted molar refractivity (Wildman–Crippen MR) is 191 cm³/mol. The molecule has 2 bridgehead atoms. The first-order valence-electron chi connectivity index (χ1n) is 18.1. The van der Waals surface area contributed by atoms with E-state index in [0.717, 1.165) is 29.5 Å². The van der Waals surface area contributed by atoms with E-state index in [1.807, 2.05) is 91.0 Å². The van der Waals surface area contributed by atoms with Crippen LogP contribution in [-0.2, 0) is 43.1 Å². The Labute approximate surface area is 295 Å². The first kappa shape index (κ1) is 34.3. The molecule has 1 unspecified atom stereocenters. The van der Waals surface area contributed by atoms with Crippen molar-refractivity contribution >= 4 is 25.0 Å². The van der Waals surface area contributed by atoms with E-state index >= 15 is 0 Å². The van der Waals surface area contributed by atoms with Gasteiger partial charge in [-0.25, -0.2) is 4.79 Å². The van der Waals surface area contributed by atoms with E-state index < -0.39 is 36.8 Å². The molecular weight excluding hydrogens is 629 g/mol. The minimum Gasteiger partial charge on any atom is -0.445 e. The van der Waals surface area contributed by atoms with Crippen molar-refractivity contribution in [3.05, 3.63) is 108 Å². The Morgan fingerprint density at radius 1 is 0.860 bits per heavy atom. The number of benzene rings is 3. The Morgan fingerprint density at radius 2 is 1.48 bits per heavy atom. The molecule has 7 atom stereocenters. The van der Waals surface area contributed by atoms with Gasteiger partial charge in [0, 0.05) is 13.0 Å². The Balaban J connectivity index is 1.07. The van der Waals surface area contributed by atoms with Gasteiger partial charge >= 0.3 is 13.2 Å². The number of ether oxygens (including phenoxy) is 1. The minimum atomic E-state index is -0.909. The van der Waals surface area contributed by atoms with Gasteiger partial charge in [0.05, 0.1) is 17.6 Å². The van der Waals surface area contributed by atoms with Gasteiger partial charge in [-0.3, -0.25) is 9.59 Å². The Hall–Kier alpha value is -4.15. The summed E-state index contributed by atoms with van der Waals surface area (Å²) in [4.78, 5) is 43.1. The van der Waals surface area contributed by atoms with Gasteiger partial charge in [0.15, 0.2) is 0 Å². The highest BCUT2D eigenvalue weighted by Gasteiger charge is 2.68. The van der Waals surface area contributed by atoms with Crippen molar-refractivity contribution in [2.45, 2.75) is 95.6 Å². The Morgan fingerprint density at radius 3 is 2.12 bits per heavy atom. The number of nitrogens with one attached hydrogen (secondary N) is 2. The van der Waals surface area contributed by atoms with Crippen LogP contribution in [0.2, 0.25) is 0 Å². The first-order valence-corrected chi connectivity index (χ1v) is 18.1. The normalized spacial score (nSPS) is 27.4. The van der Waals surface area contributed by atoms with Gasteiger partial charge in [0.25, 0.3) is 0 Å². The van der Waals surface area contributed by atoms with E-state index in [-0.39, 0.29) is 36.4 Å². The number of nitrogens with zero attached hydrogens (tertiary/aromatic N) is 1. The van der Waals surface area contributed by atoms with Gasteiger partial charge in [-0.15, -0.1) is 0 Å². The zero-order chi connectivity index (χ0) is 34.9. The van der Waals surface area contributed by atoms with E-state index in [4.69, 9.17) is 14.0 Å². The molecule has 3 aromatic rings. The lowest BCUT2D eigenvalue weighted by molar-refractivity contribution is -0.199. The van der Waals surface area contributed by atoms with Gasteiger partial charge in [-0.1, -0.05) is 105 Å². The highest BCUT2D eigenvalue weighted by atomic mass is 16.7. The lowest BCUT2D eigenvalue weighted by Gasteiger charge is -2.64. The van der Waals surface area contributed by atoms with Gasteiger partial charge < -0.3 is 29.6 Å². The molecule has 5 aliphatic rings. The van der Waals surface area contributed by atoms with Crippen molar-refractivity contribution in [3.8, 4) is 0 Å². The summed E-state index contributed by atoms with van der Waals surface area (Å²) in [6.45, 7) is 7.36. The van der Waals surface area contributed by atoms with Crippen molar-refractivity contribution in [2.75, 3.05) is 6.54 Å². The molecule has 3 aromatic carbocycles. The maximum absolute atomic E-state index is 14.2. The molecule has 3 amide bonds. The zero-order valence-corrected chi connectivity index (χ0v) is 29.3. The second-order valence-corrected chi connectivity index (χ2v) is 15.3. The molecule has 9 nitrogen and oxygen atoms in total. The summed E-state index contributed by atoms with van der Waals surface area (Å²) in [5.74, 6) is 0.0150. The number of hydrogen-bond acceptors (Lipinski definition) is 6. The van der Waals surface area contributed by atoms with Crippen LogP contribution in [0, 0.1) is 17.3 Å². The Bertz CT molecular complexity index is 1660. The molecule has 10 heteroatoms. The number of amides is 3. The monoisotopic (exact) mass is 677 g/mol. The van der Waals surface area contributed by atoms with Gasteiger partial charge in [-0.05, 0) is 73.0 Å². The minimum absolute atomic E-state index is 0.0181. The molecule has 2 saturated heterocycles. The molecule has 3 saturated carbocycles. The van der Waals surface area contributed by atoms with E-state index in [0.29, 0.717) is 37.6 Å².